The van der Waals surface area contributed by atoms with Crippen LogP contribution in [0.1, 0.15) is 47.9 Å². The van der Waals surface area contributed by atoms with Gasteiger partial charge in [0.05, 0.1) is 11.9 Å². The van der Waals surface area contributed by atoms with Crippen molar-refractivity contribution in [3.63, 3.8) is 0 Å². The third-order valence-corrected chi connectivity index (χ3v) is 9.56. The standard InChI is InChI=1S/C36H33BrN6O4/c1-39(14-16-42-33(44)27-8-3-6-23-18-25(37)20-29(31(23)27)35(42)46)11-5-12-40(2)15-17-43-34(45)28-9-4-7-24-19-26(41-13-10-38-22-41)21-30(32(24)28)36(43)47/h3-4,6-10,13,18-22H,5,11-12,14-17H2,1-2H3. The van der Waals surface area contributed by atoms with Crippen molar-refractivity contribution in [3.8, 4) is 5.69 Å². The Bertz CT molecular complexity index is 2080. The van der Waals surface area contributed by atoms with Gasteiger partial charge in [-0.1, -0.05) is 40.2 Å². The summed E-state index contributed by atoms with van der Waals surface area (Å²) < 4.78 is 2.65. The summed E-state index contributed by atoms with van der Waals surface area (Å²) in [6.45, 7) is 3.16. The molecule has 11 heteroatoms. The van der Waals surface area contributed by atoms with E-state index in [-0.39, 0.29) is 30.2 Å². The molecule has 7 rings (SSSR count). The Balaban J connectivity index is 0.929. The molecule has 0 unspecified atom stereocenters. The molecule has 0 fully saturated rings. The van der Waals surface area contributed by atoms with E-state index in [4.69, 9.17) is 0 Å². The molecular formula is C36H33BrN6O4. The first kappa shape index (κ1) is 30.9. The fourth-order valence-corrected chi connectivity index (χ4v) is 7.08. The van der Waals surface area contributed by atoms with Gasteiger partial charge in [-0.15, -0.1) is 0 Å². The summed E-state index contributed by atoms with van der Waals surface area (Å²) >= 11 is 3.49. The van der Waals surface area contributed by atoms with Crippen molar-refractivity contribution in [2.24, 2.45) is 0 Å². The first-order chi connectivity index (χ1) is 22.7. The first-order valence-electron chi connectivity index (χ1n) is 15.6. The largest absolute Gasteiger partial charge is 0.306 e. The first-order valence-corrected chi connectivity index (χ1v) is 16.4. The molecule has 4 amide bonds. The molecule has 5 aromatic rings. The summed E-state index contributed by atoms with van der Waals surface area (Å²) in [6.07, 6.45) is 6.03. The second kappa shape index (κ2) is 12.5. The van der Waals surface area contributed by atoms with E-state index >= 15 is 0 Å². The summed E-state index contributed by atoms with van der Waals surface area (Å²) in [6, 6.07) is 18.6. The molecule has 4 aromatic carbocycles. The number of rotatable bonds is 11. The molecule has 0 bridgehead atoms. The fraction of sp³-hybridized carbons (Fsp3) is 0.250. The maximum Gasteiger partial charge on any atom is 0.261 e. The lowest BCUT2D eigenvalue weighted by Crippen LogP contribution is -2.45. The van der Waals surface area contributed by atoms with Crippen LogP contribution in [0.2, 0.25) is 0 Å². The highest BCUT2D eigenvalue weighted by atomic mass is 79.9. The minimum Gasteiger partial charge on any atom is -0.306 e. The van der Waals surface area contributed by atoms with Crippen LogP contribution in [0.25, 0.3) is 27.2 Å². The number of hydrogen-bond donors (Lipinski definition) is 0. The molecule has 0 radical (unpaired) electrons. The Morgan fingerprint density at radius 2 is 1.19 bits per heavy atom. The molecule has 0 atom stereocenters. The lowest BCUT2D eigenvalue weighted by atomic mass is 9.93. The van der Waals surface area contributed by atoms with Crippen LogP contribution >= 0.6 is 15.9 Å². The van der Waals surface area contributed by atoms with Crippen LogP contribution < -0.4 is 0 Å². The lowest BCUT2D eigenvalue weighted by molar-refractivity contribution is 0.0585. The fourth-order valence-electron chi connectivity index (χ4n) is 6.61. The van der Waals surface area contributed by atoms with E-state index in [1.807, 2.05) is 67.3 Å². The van der Waals surface area contributed by atoms with Crippen molar-refractivity contribution in [1.29, 1.82) is 0 Å². The molecule has 3 heterocycles. The Kier molecular flexibility index (Phi) is 8.21. The normalized spacial score (nSPS) is 14.5. The van der Waals surface area contributed by atoms with E-state index in [2.05, 4.69) is 30.7 Å². The number of halogens is 1. The maximum atomic E-state index is 13.6. The van der Waals surface area contributed by atoms with Gasteiger partial charge < -0.3 is 14.4 Å². The zero-order chi connectivity index (χ0) is 32.8. The second-order valence-electron chi connectivity index (χ2n) is 12.2. The Labute approximate surface area is 280 Å². The Morgan fingerprint density at radius 1 is 0.660 bits per heavy atom. The van der Waals surface area contributed by atoms with Crippen molar-refractivity contribution < 1.29 is 19.2 Å². The summed E-state index contributed by atoms with van der Waals surface area (Å²) in [5.41, 5.74) is 2.97. The maximum absolute atomic E-state index is 13.6. The Morgan fingerprint density at radius 3 is 1.74 bits per heavy atom. The predicted octanol–water partition coefficient (Wildman–Crippen LogP) is 5.09. The topological polar surface area (TPSA) is 99.1 Å². The molecule has 0 aliphatic carbocycles. The molecule has 0 spiro atoms. The third kappa shape index (κ3) is 5.64. The number of imide groups is 2. The van der Waals surface area contributed by atoms with Gasteiger partial charge in [-0.2, -0.15) is 0 Å². The van der Waals surface area contributed by atoms with Gasteiger partial charge in [0.25, 0.3) is 23.6 Å². The monoisotopic (exact) mass is 692 g/mol. The molecular weight excluding hydrogens is 660 g/mol. The van der Waals surface area contributed by atoms with Gasteiger partial charge >= 0.3 is 0 Å². The van der Waals surface area contributed by atoms with Gasteiger partial charge in [0.15, 0.2) is 0 Å². The van der Waals surface area contributed by atoms with Gasteiger partial charge in [0, 0.05) is 76.2 Å². The summed E-state index contributed by atoms with van der Waals surface area (Å²) in [7, 11) is 3.96. The van der Waals surface area contributed by atoms with Gasteiger partial charge in [0.2, 0.25) is 0 Å². The number of likely N-dealkylation sites (N-methyl/N-ethyl adjacent to an activating group) is 2. The molecule has 0 N–H and O–H groups in total. The van der Waals surface area contributed by atoms with Crippen LogP contribution in [0.3, 0.4) is 0 Å². The number of benzene rings is 4. The molecule has 238 valence electrons. The summed E-state index contributed by atoms with van der Waals surface area (Å²) in [4.78, 5) is 64.7. The van der Waals surface area contributed by atoms with Crippen molar-refractivity contribution >= 4 is 61.1 Å². The molecule has 10 nitrogen and oxygen atoms in total. The number of aromatic nitrogens is 2. The van der Waals surface area contributed by atoms with Crippen molar-refractivity contribution in [2.75, 3.05) is 53.4 Å². The molecule has 2 aliphatic heterocycles. The second-order valence-corrected chi connectivity index (χ2v) is 13.1. The van der Waals surface area contributed by atoms with Gasteiger partial charge in [-0.25, -0.2) is 4.98 Å². The van der Waals surface area contributed by atoms with E-state index < -0.39 is 0 Å². The highest BCUT2D eigenvalue weighted by Crippen LogP contribution is 2.34. The van der Waals surface area contributed by atoms with Crippen LogP contribution in [0.15, 0.2) is 83.9 Å². The van der Waals surface area contributed by atoms with Gasteiger partial charge in [-0.05, 0) is 80.8 Å². The number of imidazole rings is 1. The highest BCUT2D eigenvalue weighted by molar-refractivity contribution is 9.10. The van der Waals surface area contributed by atoms with Crippen molar-refractivity contribution in [2.45, 2.75) is 6.42 Å². The molecule has 0 saturated carbocycles. The lowest BCUT2D eigenvalue weighted by Gasteiger charge is -2.30. The van der Waals surface area contributed by atoms with Crippen LogP contribution in [0, 0.1) is 0 Å². The van der Waals surface area contributed by atoms with Crippen LogP contribution in [-0.4, -0.2) is 106 Å². The number of hydrogen-bond acceptors (Lipinski definition) is 7. The highest BCUT2D eigenvalue weighted by Gasteiger charge is 2.34. The van der Waals surface area contributed by atoms with Crippen LogP contribution in [0.4, 0.5) is 0 Å². The average molecular weight is 694 g/mol. The molecule has 0 saturated heterocycles. The van der Waals surface area contributed by atoms with E-state index in [0.29, 0.717) is 52.7 Å². The minimum atomic E-state index is -0.290. The number of nitrogens with zero attached hydrogens (tertiary/aromatic N) is 6. The number of carbonyl (C=O) groups excluding carboxylic acids is 4. The Hall–Kier alpha value is -4.71. The van der Waals surface area contributed by atoms with E-state index in [1.165, 1.54) is 9.80 Å². The van der Waals surface area contributed by atoms with Crippen LogP contribution in [-0.2, 0) is 0 Å². The molecule has 1 aromatic heterocycles. The molecule has 47 heavy (non-hydrogen) atoms. The van der Waals surface area contributed by atoms with E-state index in [0.717, 1.165) is 40.4 Å². The van der Waals surface area contributed by atoms with E-state index in [9.17, 15) is 19.2 Å². The van der Waals surface area contributed by atoms with Crippen molar-refractivity contribution in [3.05, 3.63) is 106 Å². The number of amides is 4. The van der Waals surface area contributed by atoms with Crippen molar-refractivity contribution in [1.82, 2.24) is 29.2 Å². The van der Waals surface area contributed by atoms with Crippen LogP contribution in [0.5, 0.6) is 0 Å². The van der Waals surface area contributed by atoms with Gasteiger partial charge in [-0.3, -0.25) is 29.0 Å². The van der Waals surface area contributed by atoms with E-state index in [1.54, 1.807) is 30.7 Å². The molecule has 2 aliphatic rings. The summed E-state index contributed by atoms with van der Waals surface area (Å²) in [5, 5.41) is 3.12. The summed E-state index contributed by atoms with van der Waals surface area (Å²) in [5.74, 6) is -1.10. The smallest absolute Gasteiger partial charge is 0.261 e. The average Bonchev–Trinajstić information content (AvgIpc) is 3.61. The quantitative estimate of drug-likeness (QED) is 0.178. The third-order valence-electron chi connectivity index (χ3n) is 9.10. The zero-order valence-corrected chi connectivity index (χ0v) is 27.7. The minimum absolute atomic E-state index is 0.262. The SMILES string of the molecule is CN(CCCN(C)CCN1C(=O)c2cccc3cc(-n4ccnc4)cc(c23)C1=O)CCN1C(=O)c2cccc3cc(Br)cc(c23)C1=O. The number of carbonyl (C=O) groups is 4. The predicted molar refractivity (Wildman–Crippen MR) is 183 cm³/mol. The zero-order valence-electron chi connectivity index (χ0n) is 26.1. The van der Waals surface area contributed by atoms with Gasteiger partial charge in [0.1, 0.15) is 0 Å².